The van der Waals surface area contributed by atoms with E-state index < -0.39 is 0 Å². The summed E-state index contributed by atoms with van der Waals surface area (Å²) in [5, 5.41) is 11.3. The van der Waals surface area contributed by atoms with E-state index in [4.69, 9.17) is 4.74 Å². The lowest BCUT2D eigenvalue weighted by molar-refractivity contribution is 0.218. The van der Waals surface area contributed by atoms with Crippen molar-refractivity contribution in [1.29, 1.82) is 0 Å². The van der Waals surface area contributed by atoms with E-state index in [0.717, 1.165) is 28.2 Å². The number of thioether (sulfide) groups is 1. The van der Waals surface area contributed by atoms with Crippen molar-refractivity contribution < 1.29 is 4.74 Å². The quantitative estimate of drug-likeness (QED) is 0.607. The summed E-state index contributed by atoms with van der Waals surface area (Å²) in [6.07, 6.45) is 0. The molecule has 0 N–H and O–H groups in total. The smallest absolute Gasteiger partial charge is 0.191 e. The maximum absolute atomic E-state index is 5.01. The number of rotatable bonds is 5. The molecule has 0 aliphatic heterocycles. The van der Waals surface area contributed by atoms with Gasteiger partial charge in [-0.05, 0) is 11.4 Å². The molecule has 0 saturated carbocycles. The van der Waals surface area contributed by atoms with Crippen molar-refractivity contribution in [3.63, 3.8) is 0 Å². The predicted molar refractivity (Wildman–Crippen MR) is 66.9 cm³/mol. The Kier molecular flexibility index (Phi) is 3.98. The largest absolute Gasteiger partial charge is 0.384 e. The molecular weight excluding hydrogens is 242 g/mol. The second kappa shape index (κ2) is 5.47. The van der Waals surface area contributed by atoms with E-state index >= 15 is 0 Å². The highest BCUT2D eigenvalue weighted by Crippen LogP contribution is 2.25. The molecule has 0 aliphatic rings. The monoisotopic (exact) mass is 255 g/mol. The Labute approximate surface area is 103 Å². The van der Waals surface area contributed by atoms with Crippen LogP contribution in [0.2, 0.25) is 0 Å². The van der Waals surface area contributed by atoms with Gasteiger partial charge in [-0.2, -0.15) is 0 Å². The summed E-state index contributed by atoms with van der Waals surface area (Å²) in [5.74, 6) is 1.82. The third kappa shape index (κ3) is 2.45. The molecular formula is C10H13N3OS2. The van der Waals surface area contributed by atoms with Gasteiger partial charge in [0.15, 0.2) is 11.0 Å². The first-order valence-corrected chi connectivity index (χ1v) is 6.74. The second-order valence-electron chi connectivity index (χ2n) is 3.18. The zero-order chi connectivity index (χ0) is 11.4. The number of methoxy groups -OCH3 is 1. The summed E-state index contributed by atoms with van der Waals surface area (Å²) in [6.45, 7) is 0.728. The molecule has 0 amide bonds. The van der Waals surface area contributed by atoms with Crippen LogP contribution < -0.4 is 0 Å². The maximum atomic E-state index is 5.01. The molecule has 2 aromatic rings. The number of hydrogen-bond donors (Lipinski definition) is 0. The Morgan fingerprint density at radius 3 is 3.06 bits per heavy atom. The number of thiophene rings is 1. The van der Waals surface area contributed by atoms with Crippen LogP contribution in [-0.2, 0) is 11.8 Å². The van der Waals surface area contributed by atoms with E-state index in [2.05, 4.69) is 16.3 Å². The SMILES string of the molecule is COCCSc1nnc(-c2cccs2)n1C. The number of nitrogens with zero attached hydrogens (tertiary/aromatic N) is 3. The lowest BCUT2D eigenvalue weighted by Crippen LogP contribution is -1.97. The van der Waals surface area contributed by atoms with Crippen molar-refractivity contribution in [2.45, 2.75) is 5.16 Å². The normalized spacial score (nSPS) is 10.9. The topological polar surface area (TPSA) is 39.9 Å². The van der Waals surface area contributed by atoms with Gasteiger partial charge in [-0.15, -0.1) is 21.5 Å². The van der Waals surface area contributed by atoms with Gasteiger partial charge in [-0.3, -0.25) is 0 Å². The Bertz CT molecular complexity index is 439. The summed E-state index contributed by atoms with van der Waals surface area (Å²) in [4.78, 5) is 1.15. The van der Waals surface area contributed by atoms with Gasteiger partial charge < -0.3 is 9.30 Å². The summed E-state index contributed by atoms with van der Waals surface area (Å²) in [7, 11) is 3.69. The van der Waals surface area contributed by atoms with Crippen molar-refractivity contribution in [2.75, 3.05) is 19.5 Å². The van der Waals surface area contributed by atoms with Gasteiger partial charge in [-0.1, -0.05) is 17.8 Å². The fourth-order valence-electron chi connectivity index (χ4n) is 1.28. The Morgan fingerprint density at radius 2 is 2.38 bits per heavy atom. The highest BCUT2D eigenvalue weighted by Gasteiger charge is 2.11. The van der Waals surface area contributed by atoms with Gasteiger partial charge >= 0.3 is 0 Å². The number of aromatic nitrogens is 3. The van der Waals surface area contributed by atoms with Crippen LogP contribution in [0.25, 0.3) is 10.7 Å². The maximum Gasteiger partial charge on any atom is 0.191 e. The molecule has 16 heavy (non-hydrogen) atoms. The van der Waals surface area contributed by atoms with E-state index in [1.54, 1.807) is 30.2 Å². The molecule has 0 fully saturated rings. The molecule has 0 atom stereocenters. The number of ether oxygens (including phenoxy) is 1. The van der Waals surface area contributed by atoms with Crippen LogP contribution in [0, 0.1) is 0 Å². The van der Waals surface area contributed by atoms with Gasteiger partial charge in [0.05, 0.1) is 11.5 Å². The molecule has 0 aliphatic carbocycles. The standard InChI is InChI=1S/C10H13N3OS2/c1-13-9(8-4-3-6-15-8)11-12-10(13)16-7-5-14-2/h3-4,6H,5,7H2,1-2H3. The van der Waals surface area contributed by atoms with Crippen molar-refractivity contribution in [3.05, 3.63) is 17.5 Å². The van der Waals surface area contributed by atoms with Crippen LogP contribution in [0.3, 0.4) is 0 Å². The average Bonchev–Trinajstić information content (AvgIpc) is 2.89. The van der Waals surface area contributed by atoms with Gasteiger partial charge in [-0.25, -0.2) is 0 Å². The number of hydrogen-bond acceptors (Lipinski definition) is 5. The first kappa shape index (κ1) is 11.6. The molecule has 0 radical (unpaired) electrons. The third-order valence-electron chi connectivity index (χ3n) is 2.10. The molecule has 2 rings (SSSR count). The summed E-state index contributed by atoms with van der Waals surface area (Å²) < 4.78 is 7.03. The molecule has 4 nitrogen and oxygen atoms in total. The minimum atomic E-state index is 0.728. The Hall–Kier alpha value is -0.850. The van der Waals surface area contributed by atoms with E-state index in [-0.39, 0.29) is 0 Å². The first-order valence-electron chi connectivity index (χ1n) is 4.88. The molecule has 0 bridgehead atoms. The third-order valence-corrected chi connectivity index (χ3v) is 3.95. The highest BCUT2D eigenvalue weighted by molar-refractivity contribution is 7.99. The molecule has 0 aromatic carbocycles. The van der Waals surface area contributed by atoms with Crippen LogP contribution >= 0.6 is 23.1 Å². The van der Waals surface area contributed by atoms with Crippen molar-refractivity contribution >= 4 is 23.1 Å². The van der Waals surface area contributed by atoms with Gasteiger partial charge in [0.25, 0.3) is 0 Å². The Balaban J connectivity index is 2.12. The zero-order valence-electron chi connectivity index (χ0n) is 9.21. The first-order chi connectivity index (χ1) is 7.83. The van der Waals surface area contributed by atoms with Gasteiger partial charge in [0.1, 0.15) is 0 Å². The molecule has 2 aromatic heterocycles. The predicted octanol–water partition coefficient (Wildman–Crippen LogP) is 2.28. The lowest BCUT2D eigenvalue weighted by Gasteiger charge is -2.01. The molecule has 86 valence electrons. The minimum Gasteiger partial charge on any atom is -0.384 e. The van der Waals surface area contributed by atoms with Crippen LogP contribution in [-0.4, -0.2) is 34.2 Å². The molecule has 0 spiro atoms. The summed E-state index contributed by atoms with van der Waals surface area (Å²) >= 11 is 3.33. The van der Waals surface area contributed by atoms with Crippen LogP contribution in [0.5, 0.6) is 0 Å². The van der Waals surface area contributed by atoms with Crippen molar-refractivity contribution in [3.8, 4) is 10.7 Å². The molecule has 0 saturated heterocycles. The van der Waals surface area contributed by atoms with Crippen LogP contribution in [0.1, 0.15) is 0 Å². The zero-order valence-corrected chi connectivity index (χ0v) is 10.8. The van der Waals surface area contributed by atoms with E-state index in [1.807, 2.05) is 23.1 Å². The molecule has 6 heteroatoms. The van der Waals surface area contributed by atoms with E-state index in [1.165, 1.54) is 0 Å². The fourth-order valence-corrected chi connectivity index (χ4v) is 2.83. The van der Waals surface area contributed by atoms with Crippen LogP contribution in [0.4, 0.5) is 0 Å². The van der Waals surface area contributed by atoms with Crippen molar-refractivity contribution in [1.82, 2.24) is 14.8 Å². The summed E-state index contributed by atoms with van der Waals surface area (Å²) in [5.41, 5.74) is 0. The van der Waals surface area contributed by atoms with E-state index in [0.29, 0.717) is 0 Å². The average molecular weight is 255 g/mol. The molecule has 2 heterocycles. The van der Waals surface area contributed by atoms with Crippen molar-refractivity contribution in [2.24, 2.45) is 7.05 Å². The second-order valence-corrected chi connectivity index (χ2v) is 5.19. The Morgan fingerprint density at radius 1 is 1.50 bits per heavy atom. The van der Waals surface area contributed by atoms with Gasteiger partial charge in [0, 0.05) is 19.9 Å². The summed E-state index contributed by atoms with van der Waals surface area (Å²) in [6, 6.07) is 4.07. The van der Waals surface area contributed by atoms with Gasteiger partial charge in [0.2, 0.25) is 0 Å². The van der Waals surface area contributed by atoms with E-state index in [9.17, 15) is 0 Å². The highest BCUT2D eigenvalue weighted by atomic mass is 32.2. The minimum absolute atomic E-state index is 0.728. The lowest BCUT2D eigenvalue weighted by atomic mass is 10.4. The van der Waals surface area contributed by atoms with Crippen LogP contribution in [0.15, 0.2) is 22.7 Å². The fraction of sp³-hybridized carbons (Fsp3) is 0.400. The molecule has 0 unspecified atom stereocenters.